The second-order valence-corrected chi connectivity index (χ2v) is 5.96. The number of H-pyrrole nitrogens is 1. The number of aromatic amines is 1. The molecule has 0 saturated carbocycles. The Hall–Kier alpha value is -1.45. The molecular weight excluding hydrogens is 295 g/mol. The smallest absolute Gasteiger partial charge is 0.158 e. The highest BCUT2D eigenvalue weighted by molar-refractivity contribution is 6.42. The molecule has 1 aromatic carbocycles. The Labute approximate surface area is 126 Å². The van der Waals surface area contributed by atoms with Crippen molar-refractivity contribution in [3.05, 3.63) is 34.6 Å². The molecule has 0 saturated heterocycles. The van der Waals surface area contributed by atoms with E-state index in [9.17, 15) is 0 Å². The summed E-state index contributed by atoms with van der Waals surface area (Å²) < 4.78 is 5.73. The second kappa shape index (κ2) is 5.15. The normalized spacial score (nSPS) is 11.7. The van der Waals surface area contributed by atoms with Gasteiger partial charge >= 0.3 is 0 Å². The summed E-state index contributed by atoms with van der Waals surface area (Å²) in [7, 11) is 0. The van der Waals surface area contributed by atoms with Gasteiger partial charge in [0.25, 0.3) is 0 Å². The third-order valence-electron chi connectivity index (χ3n) is 3.11. The highest BCUT2D eigenvalue weighted by Gasteiger charge is 2.16. The van der Waals surface area contributed by atoms with Crippen LogP contribution in [0.3, 0.4) is 0 Å². The number of hydrogen-bond acceptors (Lipinski definition) is 2. The van der Waals surface area contributed by atoms with Gasteiger partial charge in [-0.15, -0.1) is 0 Å². The summed E-state index contributed by atoms with van der Waals surface area (Å²) in [5.41, 5.74) is 1.76. The fraction of sp³-hybridized carbons (Fsp3) is 0.267. The summed E-state index contributed by atoms with van der Waals surface area (Å²) in [6, 6.07) is 3.83. The van der Waals surface area contributed by atoms with Crippen molar-refractivity contribution in [3.8, 4) is 5.75 Å². The molecule has 3 rings (SSSR count). The van der Waals surface area contributed by atoms with Crippen LogP contribution in [0.4, 0.5) is 0 Å². The van der Waals surface area contributed by atoms with Crippen molar-refractivity contribution in [3.63, 3.8) is 0 Å². The Morgan fingerprint density at radius 3 is 2.85 bits per heavy atom. The van der Waals surface area contributed by atoms with E-state index in [4.69, 9.17) is 27.9 Å². The average Bonchev–Trinajstić information content (AvgIpc) is 2.77. The first-order valence-corrected chi connectivity index (χ1v) is 7.19. The van der Waals surface area contributed by atoms with Crippen molar-refractivity contribution in [2.75, 3.05) is 6.61 Å². The molecule has 0 spiro atoms. The number of nitrogens with zero attached hydrogens (tertiary/aromatic N) is 1. The van der Waals surface area contributed by atoms with E-state index in [1.165, 1.54) is 0 Å². The van der Waals surface area contributed by atoms with Crippen LogP contribution in [-0.2, 0) is 0 Å². The van der Waals surface area contributed by atoms with E-state index >= 15 is 0 Å². The van der Waals surface area contributed by atoms with Crippen LogP contribution in [0.15, 0.2) is 24.5 Å². The maximum Gasteiger partial charge on any atom is 0.158 e. The van der Waals surface area contributed by atoms with Crippen LogP contribution in [-0.4, -0.2) is 16.6 Å². The van der Waals surface area contributed by atoms with E-state index in [-0.39, 0.29) is 0 Å². The lowest BCUT2D eigenvalue weighted by Gasteiger charge is -2.12. The first-order chi connectivity index (χ1) is 9.58. The first kappa shape index (κ1) is 13.5. The number of pyridine rings is 1. The number of rotatable bonds is 3. The summed E-state index contributed by atoms with van der Waals surface area (Å²) in [5, 5.41) is 3.08. The average molecular weight is 309 g/mol. The molecule has 0 aliphatic rings. The van der Waals surface area contributed by atoms with E-state index in [1.54, 1.807) is 12.4 Å². The van der Waals surface area contributed by atoms with Gasteiger partial charge in [0.05, 0.1) is 28.9 Å². The lowest BCUT2D eigenvalue weighted by molar-refractivity contribution is 0.271. The maximum absolute atomic E-state index is 6.44. The third kappa shape index (κ3) is 2.21. The molecule has 0 atom stereocenters. The summed E-state index contributed by atoms with van der Waals surface area (Å²) in [6.07, 6.45) is 3.52. The van der Waals surface area contributed by atoms with Crippen LogP contribution in [0, 0.1) is 5.92 Å². The molecule has 3 aromatic rings. The lowest BCUT2D eigenvalue weighted by Crippen LogP contribution is -2.05. The van der Waals surface area contributed by atoms with Crippen LogP contribution in [0.5, 0.6) is 5.75 Å². The number of aromatic nitrogens is 2. The summed E-state index contributed by atoms with van der Waals surface area (Å²) in [5.74, 6) is 0.943. The van der Waals surface area contributed by atoms with Crippen molar-refractivity contribution >= 4 is 45.0 Å². The summed E-state index contributed by atoms with van der Waals surface area (Å²) >= 11 is 12.8. The predicted molar refractivity (Wildman–Crippen MR) is 84.0 cm³/mol. The quantitative estimate of drug-likeness (QED) is 0.734. The van der Waals surface area contributed by atoms with Gasteiger partial charge in [-0.1, -0.05) is 37.0 Å². The highest BCUT2D eigenvalue weighted by atomic mass is 35.5. The zero-order valence-corrected chi connectivity index (χ0v) is 12.7. The molecule has 0 amide bonds. The van der Waals surface area contributed by atoms with E-state index in [2.05, 4.69) is 23.8 Å². The minimum Gasteiger partial charge on any atom is -0.490 e. The van der Waals surface area contributed by atoms with Gasteiger partial charge in [-0.25, -0.2) is 0 Å². The molecule has 0 bridgehead atoms. The molecular formula is C15H14Cl2N2O. The molecule has 104 valence electrons. The standard InChI is InChI=1S/C15H14Cl2N2O/c1-8(2)7-20-15-11(16)5-10-9-3-4-18-6-12(9)19-14(10)13(15)17/h3-6,8,19H,7H2,1-2H3. The van der Waals surface area contributed by atoms with Crippen LogP contribution < -0.4 is 4.74 Å². The van der Waals surface area contributed by atoms with Gasteiger partial charge in [-0.05, 0) is 18.1 Å². The zero-order chi connectivity index (χ0) is 14.3. The van der Waals surface area contributed by atoms with Crippen LogP contribution >= 0.6 is 23.2 Å². The predicted octanol–water partition coefficient (Wildman–Crippen LogP) is 5.06. The van der Waals surface area contributed by atoms with Crippen molar-refractivity contribution in [2.45, 2.75) is 13.8 Å². The fourth-order valence-electron chi connectivity index (χ4n) is 2.18. The summed E-state index contributed by atoms with van der Waals surface area (Å²) in [6.45, 7) is 4.73. The van der Waals surface area contributed by atoms with Crippen LogP contribution in [0.2, 0.25) is 10.0 Å². The van der Waals surface area contributed by atoms with E-state index < -0.39 is 0 Å². The van der Waals surface area contributed by atoms with Gasteiger partial charge < -0.3 is 9.72 Å². The SMILES string of the molecule is CC(C)COc1c(Cl)cc2c([nH]c3cnccc32)c1Cl. The number of nitrogens with one attached hydrogen (secondary N) is 1. The van der Waals surface area contributed by atoms with Gasteiger partial charge in [0.2, 0.25) is 0 Å². The Bertz CT molecular complexity index is 780. The van der Waals surface area contributed by atoms with Crippen molar-refractivity contribution < 1.29 is 4.74 Å². The zero-order valence-electron chi connectivity index (χ0n) is 11.2. The molecule has 0 aliphatic heterocycles. The van der Waals surface area contributed by atoms with Gasteiger partial charge in [-0.2, -0.15) is 0 Å². The molecule has 0 aliphatic carbocycles. The van der Waals surface area contributed by atoms with E-state index in [1.807, 2.05) is 12.1 Å². The molecule has 3 nitrogen and oxygen atoms in total. The minimum atomic E-state index is 0.407. The Kier molecular flexibility index (Phi) is 3.48. The molecule has 1 N–H and O–H groups in total. The molecule has 20 heavy (non-hydrogen) atoms. The van der Waals surface area contributed by atoms with Gasteiger partial charge in [0.1, 0.15) is 5.02 Å². The van der Waals surface area contributed by atoms with E-state index in [0.717, 1.165) is 21.8 Å². The fourth-order valence-corrected chi connectivity index (χ4v) is 2.79. The molecule has 0 radical (unpaired) electrons. The number of hydrogen-bond donors (Lipinski definition) is 1. The van der Waals surface area contributed by atoms with Crippen molar-refractivity contribution in [2.24, 2.45) is 5.92 Å². The van der Waals surface area contributed by atoms with E-state index in [0.29, 0.717) is 28.3 Å². The largest absolute Gasteiger partial charge is 0.490 e. The van der Waals surface area contributed by atoms with Crippen molar-refractivity contribution in [1.82, 2.24) is 9.97 Å². The Balaban J connectivity index is 2.21. The number of halogens is 2. The van der Waals surface area contributed by atoms with Crippen LogP contribution in [0.25, 0.3) is 21.8 Å². The van der Waals surface area contributed by atoms with Gasteiger partial charge in [0, 0.05) is 17.0 Å². The molecule has 0 fully saturated rings. The summed E-state index contributed by atoms with van der Waals surface area (Å²) in [4.78, 5) is 7.37. The maximum atomic E-state index is 6.44. The molecule has 2 heterocycles. The highest BCUT2D eigenvalue weighted by Crippen LogP contribution is 2.41. The number of fused-ring (bicyclic) bond motifs is 3. The molecule has 5 heteroatoms. The van der Waals surface area contributed by atoms with Gasteiger partial charge in [0.15, 0.2) is 5.75 Å². The van der Waals surface area contributed by atoms with Crippen molar-refractivity contribution in [1.29, 1.82) is 0 Å². The first-order valence-electron chi connectivity index (χ1n) is 6.44. The topological polar surface area (TPSA) is 37.9 Å². The second-order valence-electron chi connectivity index (χ2n) is 5.18. The Morgan fingerprint density at radius 2 is 2.10 bits per heavy atom. The molecule has 0 unspecified atom stereocenters. The van der Waals surface area contributed by atoms with Crippen LogP contribution in [0.1, 0.15) is 13.8 Å². The monoisotopic (exact) mass is 308 g/mol. The third-order valence-corrected chi connectivity index (χ3v) is 3.75. The number of ether oxygens (including phenoxy) is 1. The minimum absolute atomic E-state index is 0.407. The Morgan fingerprint density at radius 1 is 1.30 bits per heavy atom. The lowest BCUT2D eigenvalue weighted by atomic mass is 10.2. The number of benzene rings is 1. The van der Waals surface area contributed by atoms with Gasteiger partial charge in [-0.3, -0.25) is 4.98 Å². The molecule has 2 aromatic heterocycles.